The molecule has 0 radical (unpaired) electrons. The van der Waals surface area contributed by atoms with Crippen LogP contribution >= 0.6 is 0 Å². The molecule has 1 heterocycles. The van der Waals surface area contributed by atoms with Gasteiger partial charge in [0.1, 0.15) is 17.9 Å². The van der Waals surface area contributed by atoms with Gasteiger partial charge in [0.05, 0.1) is 21.1 Å². The molecule has 1 atom stereocenters. The van der Waals surface area contributed by atoms with Gasteiger partial charge in [-0.2, -0.15) is 0 Å². The SMILES string of the molecule is CCCCCCC1(C)OCOC1=CC[N+](C)(C)C.[I-]. The van der Waals surface area contributed by atoms with Gasteiger partial charge in [0.2, 0.25) is 0 Å². The normalized spacial score (nSPS) is 25.2. The standard InChI is InChI=1S/C15H30NO2.HI/c1-6-7-8-9-11-15(2)14(17-13-18-15)10-12-16(3,4)5;/h10H,6-9,11-13H2,1-5H3;1H/q+1;/p-1. The predicted molar refractivity (Wildman–Crippen MR) is 75.2 cm³/mol. The van der Waals surface area contributed by atoms with E-state index in [4.69, 9.17) is 9.47 Å². The third-order valence-electron chi connectivity index (χ3n) is 3.44. The molecule has 0 aliphatic carbocycles. The summed E-state index contributed by atoms with van der Waals surface area (Å²) in [7, 11) is 6.56. The molecule has 1 saturated heterocycles. The highest BCUT2D eigenvalue weighted by atomic mass is 127. The number of likely N-dealkylation sites (N-methyl/N-ethyl adjacent to an activating group) is 1. The van der Waals surface area contributed by atoms with Crippen LogP contribution < -0.4 is 24.0 Å². The number of ether oxygens (including phenoxy) is 2. The van der Waals surface area contributed by atoms with Crippen molar-refractivity contribution in [3.63, 3.8) is 0 Å². The fourth-order valence-corrected chi connectivity index (χ4v) is 2.16. The largest absolute Gasteiger partial charge is 1.00 e. The second-order valence-electron chi connectivity index (χ2n) is 6.49. The minimum Gasteiger partial charge on any atom is -1.00 e. The Morgan fingerprint density at radius 1 is 1.21 bits per heavy atom. The Hall–Kier alpha value is 0.190. The average Bonchev–Trinajstić information content (AvgIpc) is 2.63. The first kappa shape index (κ1) is 19.2. The Morgan fingerprint density at radius 2 is 1.89 bits per heavy atom. The van der Waals surface area contributed by atoms with Crippen molar-refractivity contribution < 1.29 is 37.9 Å². The van der Waals surface area contributed by atoms with Crippen molar-refractivity contribution in [2.75, 3.05) is 34.5 Å². The summed E-state index contributed by atoms with van der Waals surface area (Å²) >= 11 is 0. The Labute approximate surface area is 135 Å². The van der Waals surface area contributed by atoms with Crippen LogP contribution in [0.4, 0.5) is 0 Å². The van der Waals surface area contributed by atoms with Gasteiger partial charge in [0, 0.05) is 6.08 Å². The summed E-state index contributed by atoms with van der Waals surface area (Å²) < 4.78 is 12.4. The summed E-state index contributed by atoms with van der Waals surface area (Å²) in [6.07, 6.45) is 8.36. The van der Waals surface area contributed by atoms with E-state index >= 15 is 0 Å². The first-order valence-electron chi connectivity index (χ1n) is 7.15. The van der Waals surface area contributed by atoms with E-state index in [1.54, 1.807) is 0 Å². The number of unbranched alkanes of at least 4 members (excludes halogenated alkanes) is 3. The summed E-state index contributed by atoms with van der Waals surface area (Å²) in [5.41, 5.74) is -0.192. The zero-order valence-corrected chi connectivity index (χ0v) is 15.3. The van der Waals surface area contributed by atoms with Gasteiger partial charge < -0.3 is 37.9 Å². The Kier molecular flexibility index (Phi) is 8.56. The molecule has 1 rings (SSSR count). The van der Waals surface area contributed by atoms with E-state index < -0.39 is 0 Å². The monoisotopic (exact) mass is 383 g/mol. The highest BCUT2D eigenvalue weighted by molar-refractivity contribution is 5.11. The van der Waals surface area contributed by atoms with E-state index in [-0.39, 0.29) is 29.6 Å². The number of halogens is 1. The van der Waals surface area contributed by atoms with Crippen molar-refractivity contribution in [2.24, 2.45) is 0 Å². The van der Waals surface area contributed by atoms with Crippen LogP contribution in [0.3, 0.4) is 0 Å². The fourth-order valence-electron chi connectivity index (χ4n) is 2.16. The van der Waals surface area contributed by atoms with Crippen LogP contribution in [0.2, 0.25) is 0 Å². The molecule has 0 bridgehead atoms. The summed E-state index contributed by atoms with van der Waals surface area (Å²) in [6.45, 7) is 5.79. The summed E-state index contributed by atoms with van der Waals surface area (Å²) in [4.78, 5) is 0. The number of hydrogen-bond donors (Lipinski definition) is 0. The van der Waals surface area contributed by atoms with E-state index in [0.717, 1.165) is 23.2 Å². The molecule has 3 nitrogen and oxygen atoms in total. The van der Waals surface area contributed by atoms with E-state index in [1.807, 2.05) is 0 Å². The van der Waals surface area contributed by atoms with Crippen molar-refractivity contribution in [3.8, 4) is 0 Å². The zero-order valence-electron chi connectivity index (χ0n) is 13.2. The quantitative estimate of drug-likeness (QED) is 0.358. The molecule has 1 aliphatic heterocycles. The van der Waals surface area contributed by atoms with Gasteiger partial charge in [-0.25, -0.2) is 0 Å². The molecule has 1 unspecified atom stereocenters. The average molecular weight is 383 g/mol. The summed E-state index contributed by atoms with van der Waals surface area (Å²) in [5, 5.41) is 0. The first-order valence-corrected chi connectivity index (χ1v) is 7.15. The van der Waals surface area contributed by atoms with Gasteiger partial charge >= 0.3 is 0 Å². The van der Waals surface area contributed by atoms with Crippen molar-refractivity contribution >= 4 is 0 Å². The maximum Gasteiger partial charge on any atom is 0.189 e. The van der Waals surface area contributed by atoms with Crippen LogP contribution in [0.1, 0.15) is 46.0 Å². The lowest BCUT2D eigenvalue weighted by Crippen LogP contribution is -3.00. The minimum absolute atomic E-state index is 0. The molecule has 0 aromatic heterocycles. The van der Waals surface area contributed by atoms with Gasteiger partial charge in [0.25, 0.3) is 0 Å². The highest BCUT2D eigenvalue weighted by Crippen LogP contribution is 2.34. The van der Waals surface area contributed by atoms with Crippen LogP contribution in [-0.4, -0.2) is 44.6 Å². The van der Waals surface area contributed by atoms with Gasteiger partial charge in [0.15, 0.2) is 6.79 Å². The van der Waals surface area contributed by atoms with Crippen molar-refractivity contribution in [3.05, 3.63) is 11.8 Å². The molecule has 1 aliphatic rings. The summed E-state index contributed by atoms with van der Waals surface area (Å²) in [5.74, 6) is 1.03. The molecule has 0 N–H and O–H groups in total. The van der Waals surface area contributed by atoms with Crippen LogP contribution in [0.15, 0.2) is 11.8 Å². The maximum atomic E-state index is 5.80. The minimum atomic E-state index is -0.192. The number of nitrogens with zero attached hydrogens (tertiary/aromatic N) is 1. The topological polar surface area (TPSA) is 18.5 Å². The number of hydrogen-bond acceptors (Lipinski definition) is 2. The lowest BCUT2D eigenvalue weighted by molar-refractivity contribution is -0.864. The Morgan fingerprint density at radius 3 is 2.47 bits per heavy atom. The molecule has 0 aromatic carbocycles. The molecule has 1 fully saturated rings. The molecule has 4 heteroatoms. The molecule has 0 spiro atoms. The molecular formula is C15H30INO2. The van der Waals surface area contributed by atoms with Gasteiger partial charge in [-0.3, -0.25) is 0 Å². The Bertz CT molecular complexity index is 286. The molecule has 0 aromatic rings. The van der Waals surface area contributed by atoms with Crippen LogP contribution in [-0.2, 0) is 9.47 Å². The third kappa shape index (κ3) is 6.95. The van der Waals surface area contributed by atoms with E-state index in [9.17, 15) is 0 Å². The van der Waals surface area contributed by atoms with E-state index in [2.05, 4.69) is 41.1 Å². The predicted octanol–water partition coefficient (Wildman–Crippen LogP) is 0.314. The second kappa shape index (κ2) is 8.47. The summed E-state index contributed by atoms with van der Waals surface area (Å²) in [6, 6.07) is 0. The maximum absolute atomic E-state index is 5.80. The number of quaternary nitrogens is 1. The lowest BCUT2D eigenvalue weighted by atomic mass is 9.95. The van der Waals surface area contributed by atoms with Crippen molar-refractivity contribution in [1.82, 2.24) is 0 Å². The van der Waals surface area contributed by atoms with E-state index in [0.29, 0.717) is 6.79 Å². The van der Waals surface area contributed by atoms with Crippen LogP contribution in [0.25, 0.3) is 0 Å². The molecule has 0 saturated carbocycles. The van der Waals surface area contributed by atoms with Gasteiger partial charge in [-0.05, 0) is 13.3 Å². The van der Waals surface area contributed by atoms with Gasteiger partial charge in [-0.15, -0.1) is 0 Å². The van der Waals surface area contributed by atoms with Gasteiger partial charge in [-0.1, -0.05) is 32.6 Å². The molecule has 0 amide bonds. The smallest absolute Gasteiger partial charge is 0.189 e. The lowest BCUT2D eigenvalue weighted by Gasteiger charge is -2.25. The first-order chi connectivity index (χ1) is 8.37. The second-order valence-corrected chi connectivity index (χ2v) is 6.49. The molecular weight excluding hydrogens is 353 g/mol. The van der Waals surface area contributed by atoms with Crippen molar-refractivity contribution in [2.45, 2.75) is 51.6 Å². The van der Waals surface area contributed by atoms with Crippen molar-refractivity contribution in [1.29, 1.82) is 0 Å². The molecule has 19 heavy (non-hydrogen) atoms. The number of rotatable bonds is 7. The van der Waals surface area contributed by atoms with Crippen LogP contribution in [0.5, 0.6) is 0 Å². The van der Waals surface area contributed by atoms with Crippen LogP contribution in [0, 0.1) is 0 Å². The molecule has 114 valence electrons. The highest BCUT2D eigenvalue weighted by Gasteiger charge is 2.36. The third-order valence-corrected chi connectivity index (χ3v) is 3.44. The van der Waals surface area contributed by atoms with E-state index in [1.165, 1.54) is 25.7 Å². The fraction of sp³-hybridized carbons (Fsp3) is 0.867. The Balaban J connectivity index is 0.00000324. The zero-order chi connectivity index (χ0) is 13.6.